The number of rotatable bonds is 4. The summed E-state index contributed by atoms with van der Waals surface area (Å²) in [5.74, 6) is -1.10. The van der Waals surface area contributed by atoms with Gasteiger partial charge in [0.2, 0.25) is 0 Å². The Balaban J connectivity index is 2.07. The monoisotopic (exact) mass is 364 g/mol. The lowest BCUT2D eigenvalue weighted by atomic mass is 10.0. The van der Waals surface area contributed by atoms with Crippen molar-refractivity contribution in [3.05, 3.63) is 0 Å². The molecule has 3 N–H and O–H groups in total. The number of aliphatic hydroxyl groups is 3. The van der Waals surface area contributed by atoms with Crippen molar-refractivity contribution in [1.82, 2.24) is 0 Å². The minimum Gasteiger partial charge on any atom is -0.458 e. The summed E-state index contributed by atoms with van der Waals surface area (Å²) in [6, 6.07) is 0. The molecule has 0 aliphatic carbocycles. The van der Waals surface area contributed by atoms with E-state index in [1.807, 2.05) is 0 Å². The molecule has 2 rings (SSSR count). The van der Waals surface area contributed by atoms with Crippen LogP contribution in [0.15, 0.2) is 0 Å². The van der Waals surface area contributed by atoms with Gasteiger partial charge in [0.15, 0.2) is 18.7 Å². The Morgan fingerprint density at radius 2 is 1.68 bits per heavy atom. The van der Waals surface area contributed by atoms with Crippen molar-refractivity contribution in [3.8, 4) is 0 Å². The molecule has 0 aromatic carbocycles. The summed E-state index contributed by atoms with van der Waals surface area (Å²) in [6.45, 7) is 3.86. The highest BCUT2D eigenvalue weighted by Crippen LogP contribution is 2.29. The molecule has 0 unspecified atom stereocenters. The minimum atomic E-state index is -1.49. The molecule has 2 aliphatic heterocycles. The summed E-state index contributed by atoms with van der Waals surface area (Å²) >= 11 is 0. The van der Waals surface area contributed by atoms with E-state index in [2.05, 4.69) is 0 Å². The van der Waals surface area contributed by atoms with Gasteiger partial charge in [0, 0.05) is 20.3 Å². The van der Waals surface area contributed by atoms with Crippen LogP contribution < -0.4 is 0 Å². The third kappa shape index (κ3) is 5.09. The molecule has 10 nitrogen and oxygen atoms in total. The van der Waals surface area contributed by atoms with Crippen LogP contribution in [0.2, 0.25) is 0 Å². The number of hydrogen-bond donors (Lipinski definition) is 3. The summed E-state index contributed by atoms with van der Waals surface area (Å²) in [5.41, 5.74) is 0. The van der Waals surface area contributed by atoms with E-state index in [1.165, 1.54) is 13.8 Å². The second-order valence-electron chi connectivity index (χ2n) is 6.11. The molecule has 0 bridgehead atoms. The predicted octanol–water partition coefficient (Wildman–Crippen LogP) is -1.56. The van der Waals surface area contributed by atoms with Gasteiger partial charge in [-0.3, -0.25) is 9.59 Å². The van der Waals surface area contributed by atoms with Crippen LogP contribution in [0.4, 0.5) is 0 Å². The molecule has 2 heterocycles. The Labute approximate surface area is 144 Å². The molecule has 144 valence electrons. The van der Waals surface area contributed by atoms with Gasteiger partial charge in [-0.1, -0.05) is 0 Å². The lowest BCUT2D eigenvalue weighted by Gasteiger charge is -2.42. The van der Waals surface area contributed by atoms with Crippen molar-refractivity contribution in [2.45, 2.75) is 76.4 Å². The fraction of sp³-hybridized carbons (Fsp3) is 0.867. The van der Waals surface area contributed by atoms with Gasteiger partial charge in [-0.25, -0.2) is 0 Å². The van der Waals surface area contributed by atoms with Crippen LogP contribution in [0.3, 0.4) is 0 Å². The third-order valence-electron chi connectivity index (χ3n) is 3.99. The highest BCUT2D eigenvalue weighted by molar-refractivity contribution is 5.67. The van der Waals surface area contributed by atoms with E-state index in [9.17, 15) is 24.9 Å². The molecule has 0 radical (unpaired) electrons. The van der Waals surface area contributed by atoms with Crippen molar-refractivity contribution >= 4 is 11.9 Å². The van der Waals surface area contributed by atoms with Gasteiger partial charge in [0.1, 0.15) is 24.4 Å². The topological polar surface area (TPSA) is 141 Å². The van der Waals surface area contributed by atoms with Crippen LogP contribution in [0.25, 0.3) is 0 Å². The molecule has 0 aromatic heterocycles. The molecular formula is C15H24O10. The van der Waals surface area contributed by atoms with E-state index in [-0.39, 0.29) is 13.0 Å². The van der Waals surface area contributed by atoms with E-state index in [4.69, 9.17) is 23.7 Å². The van der Waals surface area contributed by atoms with Crippen molar-refractivity contribution in [1.29, 1.82) is 0 Å². The maximum Gasteiger partial charge on any atom is 0.303 e. The van der Waals surface area contributed by atoms with Crippen molar-refractivity contribution in [2.75, 3.05) is 6.61 Å². The van der Waals surface area contributed by atoms with Gasteiger partial charge in [0.25, 0.3) is 0 Å². The number of esters is 2. The number of ether oxygens (including phenoxy) is 5. The van der Waals surface area contributed by atoms with Crippen LogP contribution in [0, 0.1) is 0 Å². The first-order valence-corrected chi connectivity index (χ1v) is 8.00. The Kier molecular flexibility index (Phi) is 6.72. The van der Waals surface area contributed by atoms with Gasteiger partial charge in [0.05, 0.1) is 12.7 Å². The van der Waals surface area contributed by atoms with E-state index < -0.39 is 61.1 Å². The van der Waals surface area contributed by atoms with E-state index in [0.717, 1.165) is 0 Å². The molecule has 0 amide bonds. The molecule has 8 atom stereocenters. The lowest BCUT2D eigenvalue weighted by molar-refractivity contribution is -0.318. The van der Waals surface area contributed by atoms with Crippen molar-refractivity contribution in [2.24, 2.45) is 0 Å². The van der Waals surface area contributed by atoms with E-state index in [1.54, 1.807) is 6.92 Å². The van der Waals surface area contributed by atoms with Crippen molar-refractivity contribution < 1.29 is 48.6 Å². The summed E-state index contributed by atoms with van der Waals surface area (Å²) in [6.07, 6.45) is -8.50. The zero-order chi connectivity index (χ0) is 18.7. The number of aliphatic hydroxyl groups excluding tert-OH is 3. The summed E-state index contributed by atoms with van der Waals surface area (Å²) in [4.78, 5) is 22.6. The van der Waals surface area contributed by atoms with Gasteiger partial charge in [-0.2, -0.15) is 0 Å². The molecule has 2 fully saturated rings. The molecule has 0 spiro atoms. The number of hydrogen-bond acceptors (Lipinski definition) is 10. The molecule has 25 heavy (non-hydrogen) atoms. The number of carbonyl (C=O) groups excluding carboxylic acids is 2. The maximum atomic E-state index is 11.3. The van der Waals surface area contributed by atoms with Gasteiger partial charge in [-0.05, 0) is 6.92 Å². The highest BCUT2D eigenvalue weighted by atomic mass is 16.7. The zero-order valence-electron chi connectivity index (χ0n) is 14.2. The van der Waals surface area contributed by atoms with Gasteiger partial charge in [-0.15, -0.1) is 0 Å². The molecule has 0 saturated carbocycles. The number of carbonyl (C=O) groups is 2. The second kappa shape index (κ2) is 8.39. The normalized spacial score (nSPS) is 41.8. The Morgan fingerprint density at radius 3 is 2.28 bits per heavy atom. The first-order chi connectivity index (χ1) is 11.7. The van der Waals surface area contributed by atoms with Crippen LogP contribution in [-0.2, 0) is 33.3 Å². The summed E-state index contributed by atoms with van der Waals surface area (Å²) in [7, 11) is 0. The smallest absolute Gasteiger partial charge is 0.303 e. The van der Waals surface area contributed by atoms with Gasteiger partial charge >= 0.3 is 11.9 Å². The average Bonchev–Trinajstić information content (AvgIpc) is 2.50. The molecular weight excluding hydrogens is 340 g/mol. The Morgan fingerprint density at radius 1 is 1.04 bits per heavy atom. The predicted molar refractivity (Wildman–Crippen MR) is 78.9 cm³/mol. The fourth-order valence-corrected chi connectivity index (χ4v) is 2.90. The Hall–Kier alpha value is -1.30. The van der Waals surface area contributed by atoms with Gasteiger partial charge < -0.3 is 39.0 Å². The average molecular weight is 364 g/mol. The van der Waals surface area contributed by atoms with Crippen LogP contribution in [-0.4, -0.2) is 83.1 Å². The van der Waals surface area contributed by atoms with Crippen molar-refractivity contribution in [3.63, 3.8) is 0 Å². The largest absolute Gasteiger partial charge is 0.458 e. The fourth-order valence-electron chi connectivity index (χ4n) is 2.90. The minimum absolute atomic E-state index is 0.0226. The van der Waals surface area contributed by atoms with Crippen LogP contribution in [0.1, 0.15) is 27.2 Å². The maximum absolute atomic E-state index is 11.3. The summed E-state index contributed by atoms with van der Waals surface area (Å²) in [5, 5.41) is 29.3. The van der Waals surface area contributed by atoms with E-state index in [0.29, 0.717) is 0 Å². The SMILES string of the molecule is CC(=O)O[C@H]1[C@H](C)O[C@H](O[C@@H]2[C@@H](O)[C@@H](O)OC[C@@H]2O)C[C@@H]1OC(C)=O. The quantitative estimate of drug-likeness (QED) is 0.502. The van der Waals surface area contributed by atoms with Crippen LogP contribution >= 0.6 is 0 Å². The molecule has 10 heteroatoms. The van der Waals surface area contributed by atoms with Crippen LogP contribution in [0.5, 0.6) is 0 Å². The zero-order valence-corrected chi connectivity index (χ0v) is 14.2. The standard InChI is InChI=1S/C15H24O10/c1-6-13(24-8(3)17)10(23-7(2)16)4-11(22-6)25-14-9(18)5-21-15(20)12(14)19/h6,9-15,18-20H,4-5H2,1-3H3/t6-,9-,10-,11+,12+,13-,14-,15-/m0/s1. The summed E-state index contributed by atoms with van der Waals surface area (Å²) < 4.78 is 26.3. The Bertz CT molecular complexity index is 483. The highest BCUT2D eigenvalue weighted by Gasteiger charge is 2.45. The third-order valence-corrected chi connectivity index (χ3v) is 3.99. The van der Waals surface area contributed by atoms with E-state index >= 15 is 0 Å². The molecule has 2 aliphatic rings. The molecule has 0 aromatic rings. The molecule has 2 saturated heterocycles. The first kappa shape index (κ1) is 20.0. The first-order valence-electron chi connectivity index (χ1n) is 8.00. The second-order valence-corrected chi connectivity index (χ2v) is 6.11. The lowest BCUT2D eigenvalue weighted by Crippen LogP contribution is -2.57.